The monoisotopic (exact) mass is 288 g/mol. The van der Waals surface area contributed by atoms with Gasteiger partial charge >= 0.3 is 5.63 Å². The number of rotatable bonds is 3. The highest BCUT2D eigenvalue weighted by Crippen LogP contribution is 2.31. The fourth-order valence-electron chi connectivity index (χ4n) is 1.88. The van der Waals surface area contributed by atoms with Crippen molar-refractivity contribution in [1.82, 2.24) is 0 Å². The van der Waals surface area contributed by atoms with E-state index in [1.807, 2.05) is 0 Å². The quantitative estimate of drug-likeness (QED) is 0.690. The number of aryl methyl sites for hydroxylation is 1. The number of benzene rings is 1. The van der Waals surface area contributed by atoms with Crippen molar-refractivity contribution < 1.29 is 14.1 Å². The van der Waals surface area contributed by atoms with E-state index in [1.165, 1.54) is 19.1 Å². The molecule has 0 bridgehead atoms. The van der Waals surface area contributed by atoms with Crippen LogP contribution in [0.1, 0.15) is 12.5 Å². The standard InChI is InChI=1S/C14H12N2O5/c1-8-3-4-11(13(5-8)16(19)20)10-6-12(15-9(2)17)14(18)21-7-10/h3-7H,1-2H3,(H,15,17). The van der Waals surface area contributed by atoms with Crippen molar-refractivity contribution in [2.24, 2.45) is 0 Å². The first-order valence-electron chi connectivity index (χ1n) is 6.04. The van der Waals surface area contributed by atoms with Crippen molar-refractivity contribution in [3.05, 3.63) is 56.6 Å². The zero-order valence-corrected chi connectivity index (χ0v) is 11.4. The molecule has 2 aromatic rings. The van der Waals surface area contributed by atoms with E-state index < -0.39 is 16.5 Å². The van der Waals surface area contributed by atoms with E-state index in [2.05, 4.69) is 5.32 Å². The first-order valence-corrected chi connectivity index (χ1v) is 6.04. The molecule has 0 saturated carbocycles. The number of hydrogen-bond donors (Lipinski definition) is 1. The minimum absolute atomic E-state index is 0.0603. The summed E-state index contributed by atoms with van der Waals surface area (Å²) in [6.07, 6.45) is 1.13. The van der Waals surface area contributed by atoms with Gasteiger partial charge in [0.05, 0.1) is 10.5 Å². The fourth-order valence-corrected chi connectivity index (χ4v) is 1.88. The van der Waals surface area contributed by atoms with Gasteiger partial charge in [-0.15, -0.1) is 0 Å². The summed E-state index contributed by atoms with van der Waals surface area (Å²) in [5.41, 5.74) is 0.507. The number of anilines is 1. The molecule has 7 nitrogen and oxygen atoms in total. The van der Waals surface area contributed by atoms with Crippen LogP contribution < -0.4 is 10.9 Å². The van der Waals surface area contributed by atoms with Crippen molar-refractivity contribution in [2.45, 2.75) is 13.8 Å². The normalized spacial score (nSPS) is 10.2. The number of hydrogen-bond acceptors (Lipinski definition) is 5. The average Bonchev–Trinajstić information content (AvgIpc) is 2.41. The van der Waals surface area contributed by atoms with Crippen molar-refractivity contribution in [3.8, 4) is 11.1 Å². The lowest BCUT2D eigenvalue weighted by Gasteiger charge is -2.06. The van der Waals surface area contributed by atoms with Crippen LogP contribution in [0, 0.1) is 17.0 Å². The summed E-state index contributed by atoms with van der Waals surface area (Å²) in [6.45, 7) is 2.99. The van der Waals surface area contributed by atoms with Crippen LogP contribution >= 0.6 is 0 Å². The molecule has 1 aromatic carbocycles. The first kappa shape index (κ1) is 14.4. The lowest BCUT2D eigenvalue weighted by Crippen LogP contribution is -2.14. The predicted molar refractivity (Wildman–Crippen MR) is 76.1 cm³/mol. The molecule has 108 valence electrons. The smallest absolute Gasteiger partial charge is 0.359 e. The first-order chi connectivity index (χ1) is 9.88. The van der Waals surface area contributed by atoms with Crippen LogP contribution in [0.4, 0.5) is 11.4 Å². The Morgan fingerprint density at radius 3 is 2.67 bits per heavy atom. The van der Waals surface area contributed by atoms with Gasteiger partial charge in [-0.25, -0.2) is 4.79 Å². The Bertz CT molecular complexity index is 779. The van der Waals surface area contributed by atoms with Crippen LogP contribution in [0.15, 0.2) is 39.7 Å². The number of nitrogens with one attached hydrogen (secondary N) is 1. The topological polar surface area (TPSA) is 102 Å². The summed E-state index contributed by atoms with van der Waals surface area (Å²) in [5.74, 6) is -0.433. The molecule has 1 aromatic heterocycles. The van der Waals surface area contributed by atoms with Crippen molar-refractivity contribution in [1.29, 1.82) is 0 Å². The molecule has 2 rings (SSSR count). The van der Waals surface area contributed by atoms with Crippen LogP contribution in [0.2, 0.25) is 0 Å². The molecule has 1 heterocycles. The molecule has 1 amide bonds. The Morgan fingerprint density at radius 1 is 1.33 bits per heavy atom. The van der Waals surface area contributed by atoms with Gasteiger partial charge in [0.1, 0.15) is 12.0 Å². The van der Waals surface area contributed by atoms with Gasteiger partial charge in [-0.05, 0) is 24.6 Å². The molecule has 0 fully saturated rings. The second kappa shape index (κ2) is 5.58. The summed E-state index contributed by atoms with van der Waals surface area (Å²) in [5, 5.41) is 13.4. The zero-order valence-electron chi connectivity index (χ0n) is 11.4. The molecule has 0 aliphatic carbocycles. The molecular weight excluding hydrogens is 276 g/mol. The SMILES string of the molecule is CC(=O)Nc1cc(-c2ccc(C)cc2[N+](=O)[O-])coc1=O. The molecular formula is C14H12N2O5. The lowest BCUT2D eigenvalue weighted by molar-refractivity contribution is -0.384. The number of amides is 1. The predicted octanol–water partition coefficient (Wildman–Crippen LogP) is 2.48. The van der Waals surface area contributed by atoms with Gasteiger partial charge in [-0.2, -0.15) is 0 Å². The van der Waals surface area contributed by atoms with E-state index in [0.717, 1.165) is 11.8 Å². The third-order valence-electron chi connectivity index (χ3n) is 2.78. The Morgan fingerprint density at radius 2 is 2.05 bits per heavy atom. The fraction of sp³-hybridized carbons (Fsp3) is 0.143. The third-order valence-corrected chi connectivity index (χ3v) is 2.78. The van der Waals surface area contributed by atoms with Crippen LogP contribution in [-0.4, -0.2) is 10.8 Å². The summed E-state index contributed by atoms with van der Waals surface area (Å²) in [7, 11) is 0. The van der Waals surface area contributed by atoms with Crippen LogP contribution in [0.25, 0.3) is 11.1 Å². The molecule has 0 aliphatic rings. The van der Waals surface area contributed by atoms with Gasteiger partial charge in [0.25, 0.3) is 5.69 Å². The highest BCUT2D eigenvalue weighted by Gasteiger charge is 2.17. The van der Waals surface area contributed by atoms with Gasteiger partial charge in [-0.1, -0.05) is 6.07 Å². The van der Waals surface area contributed by atoms with Gasteiger partial charge in [0, 0.05) is 18.6 Å². The van der Waals surface area contributed by atoms with Crippen LogP contribution in [0.3, 0.4) is 0 Å². The maximum atomic E-state index is 11.5. The van der Waals surface area contributed by atoms with E-state index in [1.54, 1.807) is 19.1 Å². The lowest BCUT2D eigenvalue weighted by atomic mass is 10.0. The van der Waals surface area contributed by atoms with Crippen LogP contribution in [-0.2, 0) is 4.79 Å². The molecule has 0 spiro atoms. The van der Waals surface area contributed by atoms with E-state index >= 15 is 0 Å². The van der Waals surface area contributed by atoms with E-state index in [4.69, 9.17) is 4.42 Å². The highest BCUT2D eigenvalue weighted by atomic mass is 16.6. The van der Waals surface area contributed by atoms with Gasteiger partial charge in [0.15, 0.2) is 0 Å². The Balaban J connectivity index is 2.60. The zero-order chi connectivity index (χ0) is 15.6. The van der Waals surface area contributed by atoms with Crippen molar-refractivity contribution in [3.63, 3.8) is 0 Å². The molecule has 0 unspecified atom stereocenters. The number of carbonyl (C=O) groups is 1. The second-order valence-corrected chi connectivity index (χ2v) is 4.50. The second-order valence-electron chi connectivity index (χ2n) is 4.50. The highest BCUT2D eigenvalue weighted by molar-refractivity contribution is 5.89. The van der Waals surface area contributed by atoms with E-state index in [-0.39, 0.29) is 11.4 Å². The van der Waals surface area contributed by atoms with Gasteiger partial charge < -0.3 is 9.73 Å². The molecule has 0 saturated heterocycles. The van der Waals surface area contributed by atoms with E-state index in [0.29, 0.717) is 11.1 Å². The molecule has 0 radical (unpaired) electrons. The maximum Gasteiger partial charge on any atom is 0.359 e. The maximum absolute atomic E-state index is 11.5. The molecule has 7 heteroatoms. The minimum atomic E-state index is -0.719. The number of carbonyl (C=O) groups excluding carboxylic acids is 1. The molecule has 1 N–H and O–H groups in total. The van der Waals surface area contributed by atoms with E-state index in [9.17, 15) is 19.7 Å². The average molecular weight is 288 g/mol. The number of nitro benzene ring substituents is 1. The Kier molecular flexibility index (Phi) is 3.84. The summed E-state index contributed by atoms with van der Waals surface area (Å²) < 4.78 is 4.82. The van der Waals surface area contributed by atoms with Crippen LogP contribution in [0.5, 0.6) is 0 Å². The van der Waals surface area contributed by atoms with Crippen molar-refractivity contribution in [2.75, 3.05) is 5.32 Å². The largest absolute Gasteiger partial charge is 0.429 e. The number of nitrogens with zero attached hydrogens (tertiary/aromatic N) is 1. The number of nitro groups is 1. The van der Waals surface area contributed by atoms with Gasteiger partial charge in [0.2, 0.25) is 5.91 Å². The Hall–Kier alpha value is -2.96. The summed E-state index contributed by atoms with van der Waals surface area (Å²) >= 11 is 0. The summed E-state index contributed by atoms with van der Waals surface area (Å²) in [6, 6.07) is 6.06. The van der Waals surface area contributed by atoms with Crippen molar-refractivity contribution >= 4 is 17.3 Å². The van der Waals surface area contributed by atoms with Gasteiger partial charge in [-0.3, -0.25) is 14.9 Å². The molecule has 0 aliphatic heterocycles. The minimum Gasteiger partial charge on any atom is -0.429 e. The molecule has 21 heavy (non-hydrogen) atoms. The molecule has 0 atom stereocenters. The Labute approximate surface area is 119 Å². The summed E-state index contributed by atoms with van der Waals surface area (Å²) in [4.78, 5) is 33.1. The third kappa shape index (κ3) is 3.14.